The molecule has 5 atom stereocenters. The Morgan fingerprint density at radius 3 is 2.43 bits per heavy atom. The lowest BCUT2D eigenvalue weighted by Gasteiger charge is -2.42. The number of rotatable bonds is 7. The first kappa shape index (κ1) is 19.5. The topological polar surface area (TPSA) is 137 Å². The minimum Gasteiger partial charge on any atom is -0.394 e. The van der Waals surface area contributed by atoms with E-state index >= 15 is 0 Å². The lowest BCUT2D eigenvalue weighted by Crippen LogP contribution is -2.64. The van der Waals surface area contributed by atoms with Crippen LogP contribution in [-0.4, -0.2) is 77.5 Å². The Hall–Kier alpha value is -1.52. The van der Waals surface area contributed by atoms with Crippen LogP contribution in [0, 0.1) is 0 Å². The van der Waals surface area contributed by atoms with Crippen LogP contribution < -0.4 is 10.6 Å². The summed E-state index contributed by atoms with van der Waals surface area (Å²) in [6.07, 6.45) is -4.83. The standard InChI is InChI=1S/C14H24N2O7/c1-7(2)13(21)15-4-5-22-14-10(16-8(3)18)12(20)11(19)9(6-17)23-14/h9-12,14,17,19-20H,1,4-6H2,2-3H3,(H,15,21)(H,16,18). The van der Waals surface area contributed by atoms with E-state index in [1.54, 1.807) is 6.92 Å². The Bertz CT molecular complexity index is 443. The molecular formula is C14H24N2O7. The molecule has 1 rings (SSSR count). The Morgan fingerprint density at radius 2 is 1.91 bits per heavy atom. The molecule has 1 saturated heterocycles. The van der Waals surface area contributed by atoms with Gasteiger partial charge in [0.1, 0.15) is 24.4 Å². The molecule has 5 unspecified atom stereocenters. The summed E-state index contributed by atoms with van der Waals surface area (Å²) < 4.78 is 10.8. The maximum absolute atomic E-state index is 11.3. The Labute approximate surface area is 134 Å². The zero-order valence-corrected chi connectivity index (χ0v) is 13.2. The molecule has 5 N–H and O–H groups in total. The fourth-order valence-electron chi connectivity index (χ4n) is 2.10. The van der Waals surface area contributed by atoms with Crippen molar-refractivity contribution in [3.05, 3.63) is 12.2 Å². The molecule has 9 heteroatoms. The molecule has 0 spiro atoms. The van der Waals surface area contributed by atoms with E-state index in [0.717, 1.165) is 0 Å². The van der Waals surface area contributed by atoms with E-state index in [4.69, 9.17) is 14.6 Å². The van der Waals surface area contributed by atoms with Crippen molar-refractivity contribution in [1.29, 1.82) is 0 Å². The summed E-state index contributed by atoms with van der Waals surface area (Å²) in [7, 11) is 0. The lowest BCUT2D eigenvalue weighted by molar-refractivity contribution is -0.269. The van der Waals surface area contributed by atoms with Gasteiger partial charge >= 0.3 is 0 Å². The van der Waals surface area contributed by atoms with Gasteiger partial charge < -0.3 is 35.4 Å². The molecule has 2 amide bonds. The summed E-state index contributed by atoms with van der Waals surface area (Å²) >= 11 is 0. The van der Waals surface area contributed by atoms with Crippen LogP contribution in [0.4, 0.5) is 0 Å². The molecular weight excluding hydrogens is 308 g/mol. The third-order valence-electron chi connectivity index (χ3n) is 3.31. The highest BCUT2D eigenvalue weighted by molar-refractivity contribution is 5.92. The second-order valence-corrected chi connectivity index (χ2v) is 5.34. The van der Waals surface area contributed by atoms with E-state index in [-0.39, 0.29) is 19.1 Å². The fraction of sp³-hybridized carbons (Fsp3) is 0.714. The largest absolute Gasteiger partial charge is 0.394 e. The van der Waals surface area contributed by atoms with Gasteiger partial charge in [0.25, 0.3) is 0 Å². The number of hydrogen-bond acceptors (Lipinski definition) is 7. The molecule has 0 aromatic rings. The van der Waals surface area contributed by atoms with Crippen molar-refractivity contribution in [2.45, 2.75) is 44.5 Å². The summed E-state index contributed by atoms with van der Waals surface area (Å²) in [6, 6.07) is -0.998. The van der Waals surface area contributed by atoms with E-state index in [9.17, 15) is 19.8 Å². The van der Waals surface area contributed by atoms with Gasteiger partial charge in [0.2, 0.25) is 11.8 Å². The average molecular weight is 332 g/mol. The molecule has 0 aromatic heterocycles. The summed E-state index contributed by atoms with van der Waals surface area (Å²) in [6.45, 7) is 6.00. The summed E-state index contributed by atoms with van der Waals surface area (Å²) in [5, 5.41) is 34.1. The zero-order valence-electron chi connectivity index (χ0n) is 13.2. The highest BCUT2D eigenvalue weighted by Gasteiger charge is 2.45. The van der Waals surface area contributed by atoms with Crippen molar-refractivity contribution in [1.82, 2.24) is 10.6 Å². The van der Waals surface area contributed by atoms with Crippen LogP contribution in [0.5, 0.6) is 0 Å². The van der Waals surface area contributed by atoms with Crippen molar-refractivity contribution in [3.63, 3.8) is 0 Å². The van der Waals surface area contributed by atoms with Gasteiger partial charge in [-0.05, 0) is 6.92 Å². The average Bonchev–Trinajstić information content (AvgIpc) is 2.49. The molecule has 1 aliphatic rings. The van der Waals surface area contributed by atoms with Crippen LogP contribution in [0.3, 0.4) is 0 Å². The lowest BCUT2D eigenvalue weighted by atomic mass is 9.97. The quantitative estimate of drug-likeness (QED) is 0.260. The second-order valence-electron chi connectivity index (χ2n) is 5.34. The molecule has 0 aliphatic carbocycles. The van der Waals surface area contributed by atoms with Crippen LogP contribution in [0.2, 0.25) is 0 Å². The number of hydrogen-bond donors (Lipinski definition) is 5. The normalized spacial score (nSPS) is 30.6. The number of amides is 2. The van der Waals surface area contributed by atoms with Crippen LogP contribution in [0.1, 0.15) is 13.8 Å². The summed E-state index contributed by atoms with van der Waals surface area (Å²) in [5.41, 5.74) is 0.355. The first-order chi connectivity index (χ1) is 10.8. The van der Waals surface area contributed by atoms with Gasteiger partial charge in [-0.25, -0.2) is 0 Å². The predicted octanol–water partition coefficient (Wildman–Crippen LogP) is -2.36. The van der Waals surface area contributed by atoms with E-state index in [2.05, 4.69) is 17.2 Å². The van der Waals surface area contributed by atoms with Gasteiger partial charge in [-0.3, -0.25) is 9.59 Å². The van der Waals surface area contributed by atoms with Crippen molar-refractivity contribution in [2.24, 2.45) is 0 Å². The van der Waals surface area contributed by atoms with Gasteiger partial charge in [-0.15, -0.1) is 0 Å². The maximum atomic E-state index is 11.3. The number of ether oxygens (including phenoxy) is 2. The SMILES string of the molecule is C=C(C)C(=O)NCCOC1OC(CO)C(O)C(O)C1NC(C)=O. The molecule has 1 heterocycles. The smallest absolute Gasteiger partial charge is 0.246 e. The van der Waals surface area contributed by atoms with Gasteiger partial charge in [-0.1, -0.05) is 6.58 Å². The third kappa shape index (κ3) is 5.56. The Balaban J connectivity index is 2.61. The summed E-state index contributed by atoms with van der Waals surface area (Å²) in [5.74, 6) is -0.753. The Morgan fingerprint density at radius 1 is 1.26 bits per heavy atom. The van der Waals surface area contributed by atoms with Gasteiger partial charge in [0.15, 0.2) is 6.29 Å². The monoisotopic (exact) mass is 332 g/mol. The molecule has 1 aliphatic heterocycles. The molecule has 23 heavy (non-hydrogen) atoms. The Kier molecular flexibility index (Phi) is 7.59. The number of nitrogens with one attached hydrogen (secondary N) is 2. The van der Waals surface area contributed by atoms with Crippen LogP contribution in [0.25, 0.3) is 0 Å². The van der Waals surface area contributed by atoms with Gasteiger partial charge in [-0.2, -0.15) is 0 Å². The summed E-state index contributed by atoms with van der Waals surface area (Å²) in [4.78, 5) is 22.6. The van der Waals surface area contributed by atoms with Crippen molar-refractivity contribution in [3.8, 4) is 0 Å². The zero-order chi connectivity index (χ0) is 17.6. The minimum absolute atomic E-state index is 0.0424. The van der Waals surface area contributed by atoms with Gasteiger partial charge in [0, 0.05) is 19.0 Å². The fourth-order valence-corrected chi connectivity index (χ4v) is 2.10. The van der Waals surface area contributed by atoms with E-state index < -0.39 is 43.2 Å². The van der Waals surface area contributed by atoms with E-state index in [1.165, 1.54) is 6.92 Å². The highest BCUT2D eigenvalue weighted by atomic mass is 16.7. The predicted molar refractivity (Wildman–Crippen MR) is 79.1 cm³/mol. The maximum Gasteiger partial charge on any atom is 0.246 e. The van der Waals surface area contributed by atoms with Crippen LogP contribution in [0.15, 0.2) is 12.2 Å². The van der Waals surface area contributed by atoms with Crippen molar-refractivity contribution >= 4 is 11.8 Å². The molecule has 0 bridgehead atoms. The number of aliphatic hydroxyl groups excluding tert-OH is 3. The minimum atomic E-state index is -1.36. The van der Waals surface area contributed by atoms with Gasteiger partial charge in [0.05, 0.1) is 13.2 Å². The molecule has 1 fully saturated rings. The molecule has 0 saturated carbocycles. The van der Waals surface area contributed by atoms with E-state index in [1.807, 2.05) is 0 Å². The van der Waals surface area contributed by atoms with Crippen LogP contribution >= 0.6 is 0 Å². The highest BCUT2D eigenvalue weighted by Crippen LogP contribution is 2.22. The molecule has 132 valence electrons. The molecule has 0 aromatic carbocycles. The third-order valence-corrected chi connectivity index (χ3v) is 3.31. The first-order valence-electron chi connectivity index (χ1n) is 7.22. The van der Waals surface area contributed by atoms with Crippen molar-refractivity contribution in [2.75, 3.05) is 19.8 Å². The van der Waals surface area contributed by atoms with Crippen LogP contribution in [-0.2, 0) is 19.1 Å². The molecule has 0 radical (unpaired) electrons. The second kappa shape index (κ2) is 8.94. The number of carbonyl (C=O) groups is 2. The number of carbonyl (C=O) groups excluding carboxylic acids is 2. The van der Waals surface area contributed by atoms with E-state index in [0.29, 0.717) is 5.57 Å². The van der Waals surface area contributed by atoms with Crippen molar-refractivity contribution < 1.29 is 34.4 Å². The molecule has 9 nitrogen and oxygen atoms in total. The number of aliphatic hydroxyl groups is 3. The first-order valence-corrected chi connectivity index (χ1v) is 7.22.